The molecule has 1 spiro atoms. The molecule has 0 aromatic carbocycles. The minimum Gasteiger partial charge on any atom is -0.356 e. The highest BCUT2D eigenvalue weighted by Gasteiger charge is 2.41. The van der Waals surface area contributed by atoms with E-state index in [1.54, 1.807) is 24.2 Å². The number of anilines is 1. The van der Waals surface area contributed by atoms with Gasteiger partial charge in [-0.25, -0.2) is 9.97 Å². The number of carbonyl (C=O) groups excluding carboxylic acids is 1. The van der Waals surface area contributed by atoms with E-state index in [0.29, 0.717) is 13.0 Å². The van der Waals surface area contributed by atoms with Crippen LogP contribution in [0.2, 0.25) is 0 Å². The van der Waals surface area contributed by atoms with E-state index in [-0.39, 0.29) is 11.3 Å². The Labute approximate surface area is 170 Å². The molecule has 2 aliphatic heterocycles. The molecule has 2 aliphatic rings. The summed E-state index contributed by atoms with van der Waals surface area (Å²) in [5.74, 6) is 1.24. The topological polar surface area (TPSA) is 75.1 Å². The Kier molecular flexibility index (Phi) is 5.48. The summed E-state index contributed by atoms with van der Waals surface area (Å²) in [6.07, 6.45) is 11.1. The van der Waals surface area contributed by atoms with E-state index in [9.17, 15) is 4.79 Å². The molecule has 0 unspecified atom stereocenters. The molecule has 7 nitrogen and oxygen atoms in total. The first-order chi connectivity index (χ1) is 13.6. The summed E-state index contributed by atoms with van der Waals surface area (Å²) < 4.78 is 0. The lowest BCUT2D eigenvalue weighted by molar-refractivity contribution is -0.139. The van der Waals surface area contributed by atoms with Crippen LogP contribution in [0.5, 0.6) is 0 Å². The second-order valence-corrected chi connectivity index (χ2v) is 8.56. The Balaban J connectivity index is 1.41. The lowest BCUT2D eigenvalue weighted by atomic mass is 9.72. The van der Waals surface area contributed by atoms with Crippen molar-refractivity contribution in [3.63, 3.8) is 0 Å². The summed E-state index contributed by atoms with van der Waals surface area (Å²) in [5.41, 5.74) is 1.96. The number of nitrogens with zero attached hydrogens (tertiary/aromatic N) is 6. The predicted molar refractivity (Wildman–Crippen MR) is 109 cm³/mol. The van der Waals surface area contributed by atoms with Crippen molar-refractivity contribution in [1.29, 1.82) is 0 Å². The van der Waals surface area contributed by atoms with Gasteiger partial charge in [0.05, 0.1) is 24.1 Å². The second kappa shape index (κ2) is 8.03. The largest absolute Gasteiger partial charge is 0.356 e. The summed E-state index contributed by atoms with van der Waals surface area (Å²) in [6, 6.07) is 1.99. The average molecular weight is 399 g/mol. The molecule has 2 aromatic heterocycles. The van der Waals surface area contributed by atoms with Gasteiger partial charge in [-0.15, -0.1) is 0 Å². The number of hydrogen-bond donors (Lipinski definition) is 0. The molecule has 8 heteroatoms. The zero-order valence-electron chi connectivity index (χ0n) is 16.5. The normalized spacial score (nSPS) is 19.3. The first kappa shape index (κ1) is 19.1. The molecule has 0 saturated carbocycles. The Bertz CT molecular complexity index is 835. The van der Waals surface area contributed by atoms with E-state index < -0.39 is 0 Å². The van der Waals surface area contributed by atoms with Crippen LogP contribution in [-0.4, -0.2) is 56.6 Å². The smallest absolute Gasteiger partial charge is 0.222 e. The zero-order chi connectivity index (χ0) is 19.6. The van der Waals surface area contributed by atoms with Crippen LogP contribution in [0.25, 0.3) is 0 Å². The maximum absolute atomic E-state index is 12.5. The van der Waals surface area contributed by atoms with Crippen LogP contribution in [0.4, 0.5) is 5.82 Å². The van der Waals surface area contributed by atoms with Crippen molar-refractivity contribution in [3.05, 3.63) is 36.0 Å². The van der Waals surface area contributed by atoms with E-state index in [4.69, 9.17) is 0 Å². The SMILES string of the molecule is CSc1nccc(N2CCC3(CCC(=O)N(Cc4cnc(C)cn4)C3)CC2)n1. The number of aromatic nitrogens is 4. The molecule has 4 heterocycles. The third-order valence-corrected chi connectivity index (χ3v) is 6.45. The van der Waals surface area contributed by atoms with Crippen LogP contribution in [0, 0.1) is 12.3 Å². The standard InChI is InChI=1S/C20H26N6OS/c1-15-11-23-16(12-22-15)13-26-14-20(5-3-18(26)27)6-9-25(10-7-20)17-4-8-21-19(24-17)28-2/h4,8,11-12H,3,5-7,9-10,13-14H2,1-2H3. The number of hydrogen-bond acceptors (Lipinski definition) is 7. The maximum Gasteiger partial charge on any atom is 0.222 e. The minimum absolute atomic E-state index is 0.206. The predicted octanol–water partition coefficient (Wildman–Crippen LogP) is 2.71. The van der Waals surface area contributed by atoms with E-state index in [2.05, 4.69) is 24.8 Å². The van der Waals surface area contributed by atoms with Crippen LogP contribution < -0.4 is 4.90 Å². The molecule has 0 bridgehead atoms. The van der Waals surface area contributed by atoms with Gasteiger partial charge in [0.25, 0.3) is 0 Å². The molecule has 2 saturated heterocycles. The highest BCUT2D eigenvalue weighted by molar-refractivity contribution is 7.98. The molecule has 0 atom stereocenters. The number of aryl methyl sites for hydroxylation is 1. The van der Waals surface area contributed by atoms with Crippen LogP contribution in [0.3, 0.4) is 0 Å². The van der Waals surface area contributed by atoms with Crippen molar-refractivity contribution in [2.45, 2.75) is 44.3 Å². The Hall–Kier alpha value is -2.22. The maximum atomic E-state index is 12.5. The van der Waals surface area contributed by atoms with Gasteiger partial charge in [0.1, 0.15) is 5.82 Å². The summed E-state index contributed by atoms with van der Waals surface area (Å²) in [5, 5.41) is 0.812. The second-order valence-electron chi connectivity index (χ2n) is 7.79. The van der Waals surface area contributed by atoms with Gasteiger partial charge in [-0.05, 0) is 43.9 Å². The van der Waals surface area contributed by atoms with E-state index in [1.807, 2.05) is 30.3 Å². The number of piperidine rings is 2. The van der Waals surface area contributed by atoms with Gasteiger partial charge in [-0.3, -0.25) is 14.8 Å². The van der Waals surface area contributed by atoms with Gasteiger partial charge in [-0.2, -0.15) is 0 Å². The van der Waals surface area contributed by atoms with Gasteiger partial charge >= 0.3 is 0 Å². The Morgan fingerprint density at radius 1 is 1.14 bits per heavy atom. The fraction of sp³-hybridized carbons (Fsp3) is 0.550. The molecule has 28 heavy (non-hydrogen) atoms. The Morgan fingerprint density at radius 3 is 2.68 bits per heavy atom. The van der Waals surface area contributed by atoms with Crippen LogP contribution in [0.1, 0.15) is 37.1 Å². The summed E-state index contributed by atoms with van der Waals surface area (Å²) in [7, 11) is 0. The number of thioether (sulfide) groups is 1. The lowest BCUT2D eigenvalue weighted by Crippen LogP contribution is -2.51. The van der Waals surface area contributed by atoms with Gasteiger partial charge in [0.15, 0.2) is 5.16 Å². The first-order valence-corrected chi connectivity index (χ1v) is 11.0. The minimum atomic E-state index is 0.206. The fourth-order valence-corrected chi connectivity index (χ4v) is 4.52. The highest BCUT2D eigenvalue weighted by atomic mass is 32.2. The van der Waals surface area contributed by atoms with Crippen molar-refractivity contribution in [2.75, 3.05) is 30.8 Å². The van der Waals surface area contributed by atoms with E-state index >= 15 is 0 Å². The zero-order valence-corrected chi connectivity index (χ0v) is 17.3. The number of rotatable bonds is 4. The van der Waals surface area contributed by atoms with Crippen molar-refractivity contribution < 1.29 is 4.79 Å². The molecule has 2 fully saturated rings. The third kappa shape index (κ3) is 4.11. The van der Waals surface area contributed by atoms with Crippen molar-refractivity contribution in [3.8, 4) is 0 Å². The average Bonchev–Trinajstić information content (AvgIpc) is 2.73. The summed E-state index contributed by atoms with van der Waals surface area (Å²) in [4.78, 5) is 34.5. The van der Waals surface area contributed by atoms with Crippen molar-refractivity contribution >= 4 is 23.5 Å². The van der Waals surface area contributed by atoms with Gasteiger partial charge in [0, 0.05) is 38.4 Å². The van der Waals surface area contributed by atoms with Crippen LogP contribution in [0.15, 0.2) is 29.8 Å². The molecular weight excluding hydrogens is 372 g/mol. The van der Waals surface area contributed by atoms with Crippen molar-refractivity contribution in [2.24, 2.45) is 5.41 Å². The summed E-state index contributed by atoms with van der Waals surface area (Å²) >= 11 is 1.57. The Morgan fingerprint density at radius 2 is 1.96 bits per heavy atom. The summed E-state index contributed by atoms with van der Waals surface area (Å²) in [6.45, 7) is 5.23. The first-order valence-electron chi connectivity index (χ1n) is 9.74. The van der Waals surface area contributed by atoms with Gasteiger partial charge < -0.3 is 9.80 Å². The molecule has 1 amide bonds. The van der Waals surface area contributed by atoms with E-state index in [1.165, 1.54) is 0 Å². The number of likely N-dealkylation sites (tertiary alicyclic amines) is 1. The molecular formula is C20H26N6OS. The molecule has 2 aromatic rings. The number of amides is 1. The van der Waals surface area contributed by atoms with Crippen LogP contribution in [-0.2, 0) is 11.3 Å². The quantitative estimate of drug-likeness (QED) is 0.579. The lowest BCUT2D eigenvalue weighted by Gasteiger charge is -2.47. The highest BCUT2D eigenvalue weighted by Crippen LogP contribution is 2.41. The van der Waals surface area contributed by atoms with Gasteiger partial charge in [0.2, 0.25) is 5.91 Å². The number of carbonyl (C=O) groups is 1. The van der Waals surface area contributed by atoms with Gasteiger partial charge in [-0.1, -0.05) is 11.8 Å². The molecule has 0 radical (unpaired) electrons. The molecule has 4 rings (SSSR count). The monoisotopic (exact) mass is 398 g/mol. The molecule has 148 valence electrons. The fourth-order valence-electron chi connectivity index (χ4n) is 4.17. The molecule has 0 N–H and O–H groups in total. The van der Waals surface area contributed by atoms with Crippen LogP contribution >= 0.6 is 11.8 Å². The van der Waals surface area contributed by atoms with Crippen molar-refractivity contribution in [1.82, 2.24) is 24.8 Å². The van der Waals surface area contributed by atoms with E-state index in [0.717, 1.165) is 61.3 Å². The third-order valence-electron chi connectivity index (χ3n) is 5.88. The molecule has 0 aliphatic carbocycles.